The first-order valence-electron chi connectivity index (χ1n) is 12.5. The number of amides is 1. The molecule has 4 aromatic rings. The summed E-state index contributed by atoms with van der Waals surface area (Å²) in [7, 11) is 0. The minimum Gasteiger partial charge on any atom is -0.457 e. The largest absolute Gasteiger partial charge is 0.457 e. The standard InChI is InChI=1S/C29H29N7O3/c1-19-24(34-27-31-14-15-35(27)28(37)39-29(2,3)4)18-36-26(19)25(20(16-30)17-32-36)33-21-10-12-23(13-11-21)38-22-8-6-5-7-9-22/h5-13,17-18,33H,14-15H2,1-4H3,(H,31,34). The minimum absolute atomic E-state index is 0.397. The number of hydrogen-bond acceptors (Lipinski definition) is 8. The second-order valence-electron chi connectivity index (χ2n) is 10.0. The quantitative estimate of drug-likeness (QED) is 0.326. The van der Waals surface area contributed by atoms with Gasteiger partial charge < -0.3 is 20.1 Å². The van der Waals surface area contributed by atoms with E-state index in [0.29, 0.717) is 41.7 Å². The van der Waals surface area contributed by atoms with Crippen molar-refractivity contribution < 1.29 is 14.3 Å². The van der Waals surface area contributed by atoms with Crippen molar-refractivity contribution in [2.45, 2.75) is 33.3 Å². The lowest BCUT2D eigenvalue weighted by molar-refractivity contribution is 0.0384. The van der Waals surface area contributed by atoms with Crippen LogP contribution in [-0.2, 0) is 4.74 Å². The number of anilines is 3. The zero-order valence-electron chi connectivity index (χ0n) is 22.2. The number of carbonyl (C=O) groups excluding carboxylic acids is 1. The summed E-state index contributed by atoms with van der Waals surface area (Å²) < 4.78 is 13.1. The second-order valence-corrected chi connectivity index (χ2v) is 10.0. The highest BCUT2D eigenvalue weighted by atomic mass is 16.6. The second kappa shape index (κ2) is 10.4. The molecule has 0 atom stereocenters. The van der Waals surface area contributed by atoms with Crippen LogP contribution < -0.4 is 15.4 Å². The smallest absolute Gasteiger partial charge is 0.417 e. The normalized spacial score (nSPS) is 13.1. The summed E-state index contributed by atoms with van der Waals surface area (Å²) in [5.74, 6) is 1.86. The number of para-hydroxylation sites is 1. The van der Waals surface area contributed by atoms with E-state index in [-0.39, 0.29) is 0 Å². The lowest BCUT2D eigenvalue weighted by atomic mass is 10.1. The third-order valence-corrected chi connectivity index (χ3v) is 5.98. The number of aryl methyl sites for hydroxylation is 1. The Labute approximate surface area is 226 Å². The third-order valence-electron chi connectivity index (χ3n) is 5.98. The molecule has 0 fully saturated rings. The zero-order valence-corrected chi connectivity index (χ0v) is 22.2. The minimum atomic E-state index is -0.615. The molecule has 2 aromatic heterocycles. The molecular weight excluding hydrogens is 494 g/mol. The Hall–Kier alpha value is -5.04. The van der Waals surface area contributed by atoms with Crippen LogP contribution in [0.2, 0.25) is 0 Å². The van der Waals surface area contributed by atoms with Crippen molar-refractivity contribution in [3.63, 3.8) is 0 Å². The summed E-state index contributed by atoms with van der Waals surface area (Å²) in [4.78, 5) is 18.6. The Morgan fingerprint density at radius 1 is 1.05 bits per heavy atom. The molecule has 39 heavy (non-hydrogen) atoms. The number of ether oxygens (including phenoxy) is 2. The molecule has 1 aliphatic heterocycles. The van der Waals surface area contributed by atoms with Crippen LogP contribution in [-0.4, -0.2) is 45.3 Å². The van der Waals surface area contributed by atoms with Crippen molar-refractivity contribution in [2.75, 3.05) is 23.7 Å². The molecule has 10 nitrogen and oxygen atoms in total. The average molecular weight is 524 g/mol. The van der Waals surface area contributed by atoms with Gasteiger partial charge in [-0.05, 0) is 64.1 Å². The highest BCUT2D eigenvalue weighted by molar-refractivity contribution is 6.05. The van der Waals surface area contributed by atoms with Gasteiger partial charge in [0.15, 0.2) is 0 Å². The van der Waals surface area contributed by atoms with Crippen molar-refractivity contribution in [1.82, 2.24) is 14.5 Å². The fraction of sp³-hybridized carbons (Fsp3) is 0.241. The zero-order chi connectivity index (χ0) is 27.6. The van der Waals surface area contributed by atoms with Crippen LogP contribution in [0.3, 0.4) is 0 Å². The van der Waals surface area contributed by atoms with Crippen LogP contribution in [0.15, 0.2) is 72.0 Å². The molecule has 0 saturated heterocycles. The highest BCUT2D eigenvalue weighted by Gasteiger charge is 2.29. The first-order valence-corrected chi connectivity index (χ1v) is 12.5. The van der Waals surface area contributed by atoms with E-state index in [2.05, 4.69) is 26.8 Å². The molecule has 1 amide bonds. The van der Waals surface area contributed by atoms with Gasteiger partial charge in [0, 0.05) is 11.3 Å². The van der Waals surface area contributed by atoms with E-state index < -0.39 is 11.7 Å². The fourth-order valence-electron chi connectivity index (χ4n) is 4.17. The van der Waals surface area contributed by atoms with Gasteiger partial charge in [-0.15, -0.1) is 0 Å². The monoisotopic (exact) mass is 523 g/mol. The Morgan fingerprint density at radius 2 is 1.77 bits per heavy atom. The fourth-order valence-corrected chi connectivity index (χ4v) is 4.17. The summed E-state index contributed by atoms with van der Waals surface area (Å²) in [6, 6.07) is 19.3. The molecule has 198 valence electrons. The maximum Gasteiger partial charge on any atom is 0.417 e. The van der Waals surface area contributed by atoms with E-state index in [1.807, 2.05) is 88.5 Å². The van der Waals surface area contributed by atoms with E-state index in [0.717, 1.165) is 22.5 Å². The van der Waals surface area contributed by atoms with Gasteiger partial charge in [0.25, 0.3) is 0 Å². The Kier molecular flexibility index (Phi) is 6.81. The van der Waals surface area contributed by atoms with Crippen molar-refractivity contribution in [1.29, 1.82) is 5.26 Å². The first kappa shape index (κ1) is 25.6. The number of guanidine groups is 1. The van der Waals surface area contributed by atoms with E-state index in [9.17, 15) is 10.1 Å². The Morgan fingerprint density at radius 3 is 2.46 bits per heavy atom. The number of hydrogen-bond donors (Lipinski definition) is 2. The van der Waals surface area contributed by atoms with Gasteiger partial charge in [-0.1, -0.05) is 18.2 Å². The maximum atomic E-state index is 12.7. The molecule has 1 aliphatic rings. The van der Waals surface area contributed by atoms with Crippen LogP contribution in [0.5, 0.6) is 11.5 Å². The topological polar surface area (TPSA) is 116 Å². The lowest BCUT2D eigenvalue weighted by Crippen LogP contribution is -2.41. The highest BCUT2D eigenvalue weighted by Crippen LogP contribution is 2.33. The third kappa shape index (κ3) is 5.62. The van der Waals surface area contributed by atoms with Gasteiger partial charge in [-0.2, -0.15) is 10.4 Å². The van der Waals surface area contributed by atoms with E-state index in [1.165, 1.54) is 11.1 Å². The summed E-state index contributed by atoms with van der Waals surface area (Å²) >= 11 is 0. The van der Waals surface area contributed by atoms with E-state index in [1.54, 1.807) is 4.52 Å². The average Bonchev–Trinajstić information content (AvgIpc) is 3.50. The molecule has 10 heteroatoms. The Balaban J connectivity index is 1.40. The van der Waals surface area contributed by atoms with Crippen LogP contribution in [0, 0.1) is 18.3 Å². The number of nitrogens with one attached hydrogen (secondary N) is 2. The number of aliphatic imine (C=N–C) groups is 1. The Bertz CT molecular complexity index is 1580. The molecule has 0 saturated carbocycles. The van der Waals surface area contributed by atoms with E-state index in [4.69, 9.17) is 9.47 Å². The van der Waals surface area contributed by atoms with Crippen molar-refractivity contribution in [3.05, 3.63) is 78.1 Å². The van der Waals surface area contributed by atoms with Crippen molar-refractivity contribution >= 4 is 34.6 Å². The van der Waals surface area contributed by atoms with E-state index >= 15 is 0 Å². The molecule has 0 aliphatic carbocycles. The van der Waals surface area contributed by atoms with Crippen LogP contribution in [0.25, 0.3) is 5.52 Å². The van der Waals surface area contributed by atoms with Gasteiger partial charge in [0.2, 0.25) is 5.96 Å². The number of rotatable bonds is 5. The number of benzene rings is 2. The summed E-state index contributed by atoms with van der Waals surface area (Å²) in [6.45, 7) is 8.31. The number of nitriles is 1. The molecule has 0 unspecified atom stereocenters. The van der Waals surface area contributed by atoms with Gasteiger partial charge in [0.1, 0.15) is 23.2 Å². The summed E-state index contributed by atoms with van der Waals surface area (Å²) in [6.07, 6.45) is 2.87. The van der Waals surface area contributed by atoms with Crippen LogP contribution in [0.1, 0.15) is 31.9 Å². The molecule has 0 radical (unpaired) electrons. The number of nitrogens with zero attached hydrogens (tertiary/aromatic N) is 5. The van der Waals surface area contributed by atoms with Gasteiger partial charge in [-0.25, -0.2) is 14.2 Å². The summed E-state index contributed by atoms with van der Waals surface area (Å²) in [5, 5.41) is 20.9. The molecular formula is C29H29N7O3. The van der Waals surface area contributed by atoms with Crippen LogP contribution >= 0.6 is 0 Å². The van der Waals surface area contributed by atoms with Crippen molar-refractivity contribution in [3.8, 4) is 17.6 Å². The SMILES string of the molecule is Cc1c(NC2=NCCN2C(=O)OC(C)(C)C)cn2ncc(C#N)c(Nc3ccc(Oc4ccccc4)cc3)c12. The lowest BCUT2D eigenvalue weighted by Gasteiger charge is -2.25. The van der Waals surface area contributed by atoms with Gasteiger partial charge in [-0.3, -0.25) is 4.99 Å². The first-order chi connectivity index (χ1) is 18.7. The van der Waals surface area contributed by atoms with Gasteiger partial charge in [0.05, 0.1) is 47.9 Å². The van der Waals surface area contributed by atoms with Gasteiger partial charge >= 0.3 is 6.09 Å². The molecule has 3 heterocycles. The number of fused-ring (bicyclic) bond motifs is 1. The maximum absolute atomic E-state index is 12.7. The molecule has 2 N–H and O–H groups in total. The molecule has 0 bridgehead atoms. The van der Waals surface area contributed by atoms with Crippen molar-refractivity contribution in [2.24, 2.45) is 4.99 Å². The predicted molar refractivity (Wildman–Crippen MR) is 150 cm³/mol. The predicted octanol–water partition coefficient (Wildman–Crippen LogP) is 6.07. The van der Waals surface area contributed by atoms with Crippen LogP contribution in [0.4, 0.5) is 21.9 Å². The molecule has 5 rings (SSSR count). The number of carbonyl (C=O) groups is 1. The summed E-state index contributed by atoms with van der Waals surface area (Å²) in [5.41, 5.74) is 3.46. The molecule has 0 spiro atoms. The number of aromatic nitrogens is 2. The molecule has 2 aromatic carbocycles.